The lowest BCUT2D eigenvalue weighted by Gasteiger charge is -2.13. The highest BCUT2D eigenvalue weighted by molar-refractivity contribution is 7.17. The van der Waals surface area contributed by atoms with Gasteiger partial charge in [0.2, 0.25) is 0 Å². The summed E-state index contributed by atoms with van der Waals surface area (Å²) in [5.74, 6) is -0.0354. The molecule has 100 valence electrons. The van der Waals surface area contributed by atoms with Crippen LogP contribution in [0.15, 0.2) is 54.2 Å². The molecule has 0 saturated carbocycles. The number of amides is 1. The summed E-state index contributed by atoms with van der Waals surface area (Å²) < 4.78 is 1.13. The predicted octanol–water partition coefficient (Wildman–Crippen LogP) is 3.79. The van der Waals surface area contributed by atoms with Crippen molar-refractivity contribution in [2.45, 2.75) is 13.0 Å². The minimum absolute atomic E-state index is 0.0354. The standard InChI is InChI=1S/C16H14N2OS/c1-11(12-6-8-17-9-7-12)18-16(19)14-10-20-15-5-3-2-4-13(14)15/h2-11H,1H3,(H,18,19)/t11-/m0/s1. The van der Waals surface area contributed by atoms with Crippen LogP contribution in [0.4, 0.5) is 0 Å². The number of hydrogen-bond acceptors (Lipinski definition) is 3. The number of carbonyl (C=O) groups excluding carboxylic acids is 1. The Balaban J connectivity index is 1.83. The van der Waals surface area contributed by atoms with E-state index in [1.54, 1.807) is 23.7 Å². The molecule has 0 aliphatic heterocycles. The first-order valence-corrected chi connectivity index (χ1v) is 7.30. The maximum absolute atomic E-state index is 12.4. The largest absolute Gasteiger partial charge is 0.345 e. The van der Waals surface area contributed by atoms with Gasteiger partial charge < -0.3 is 5.32 Å². The molecule has 2 heterocycles. The van der Waals surface area contributed by atoms with E-state index in [9.17, 15) is 4.79 Å². The normalized spacial score (nSPS) is 12.2. The van der Waals surface area contributed by atoms with E-state index in [1.807, 2.05) is 48.7 Å². The van der Waals surface area contributed by atoms with E-state index in [0.717, 1.165) is 21.2 Å². The van der Waals surface area contributed by atoms with E-state index >= 15 is 0 Å². The molecular weight excluding hydrogens is 268 g/mol. The van der Waals surface area contributed by atoms with Gasteiger partial charge in [-0.3, -0.25) is 9.78 Å². The molecule has 3 aromatic rings. The van der Waals surface area contributed by atoms with Crippen LogP contribution in [0.5, 0.6) is 0 Å². The van der Waals surface area contributed by atoms with Gasteiger partial charge in [0.05, 0.1) is 11.6 Å². The zero-order valence-corrected chi connectivity index (χ0v) is 11.9. The molecular formula is C16H14N2OS. The Labute approximate surface area is 121 Å². The summed E-state index contributed by atoms with van der Waals surface area (Å²) in [7, 11) is 0. The minimum atomic E-state index is -0.0378. The van der Waals surface area contributed by atoms with Crippen LogP contribution >= 0.6 is 11.3 Å². The zero-order chi connectivity index (χ0) is 13.9. The zero-order valence-electron chi connectivity index (χ0n) is 11.0. The molecule has 2 aromatic heterocycles. The van der Waals surface area contributed by atoms with Gasteiger partial charge in [0.1, 0.15) is 0 Å². The number of nitrogens with one attached hydrogen (secondary N) is 1. The molecule has 0 unspecified atom stereocenters. The van der Waals surface area contributed by atoms with Gasteiger partial charge in [-0.05, 0) is 30.7 Å². The van der Waals surface area contributed by atoms with E-state index < -0.39 is 0 Å². The molecule has 3 nitrogen and oxygen atoms in total. The molecule has 1 N–H and O–H groups in total. The van der Waals surface area contributed by atoms with Gasteiger partial charge in [0, 0.05) is 27.9 Å². The van der Waals surface area contributed by atoms with Gasteiger partial charge in [-0.15, -0.1) is 11.3 Å². The van der Waals surface area contributed by atoms with E-state index in [1.165, 1.54) is 0 Å². The van der Waals surface area contributed by atoms with Gasteiger partial charge in [-0.25, -0.2) is 0 Å². The average Bonchev–Trinajstić information content (AvgIpc) is 2.92. The summed E-state index contributed by atoms with van der Waals surface area (Å²) in [6.07, 6.45) is 3.47. The first-order chi connectivity index (χ1) is 9.75. The van der Waals surface area contributed by atoms with Crippen molar-refractivity contribution in [3.63, 3.8) is 0 Å². The molecule has 1 amide bonds. The molecule has 1 aromatic carbocycles. The number of thiophene rings is 1. The third-order valence-electron chi connectivity index (χ3n) is 3.28. The van der Waals surface area contributed by atoms with Crippen LogP contribution in [0.1, 0.15) is 28.9 Å². The molecule has 1 atom stereocenters. The molecule has 20 heavy (non-hydrogen) atoms. The van der Waals surface area contributed by atoms with Crippen molar-refractivity contribution in [1.82, 2.24) is 10.3 Å². The van der Waals surface area contributed by atoms with Crippen LogP contribution in [0.25, 0.3) is 10.1 Å². The van der Waals surface area contributed by atoms with Crippen LogP contribution in [-0.2, 0) is 0 Å². The second-order valence-corrected chi connectivity index (χ2v) is 5.53. The Morgan fingerprint density at radius 2 is 1.95 bits per heavy atom. The monoisotopic (exact) mass is 282 g/mol. The predicted molar refractivity (Wildman–Crippen MR) is 81.9 cm³/mol. The van der Waals surface area contributed by atoms with Crippen LogP contribution in [-0.4, -0.2) is 10.9 Å². The first kappa shape index (κ1) is 12.8. The Morgan fingerprint density at radius 1 is 1.20 bits per heavy atom. The molecule has 0 aliphatic carbocycles. The lowest BCUT2D eigenvalue weighted by atomic mass is 10.1. The van der Waals surface area contributed by atoms with Crippen molar-refractivity contribution in [3.8, 4) is 0 Å². The Morgan fingerprint density at radius 3 is 2.75 bits per heavy atom. The molecule has 3 rings (SSSR count). The number of nitrogens with zero attached hydrogens (tertiary/aromatic N) is 1. The highest BCUT2D eigenvalue weighted by Crippen LogP contribution is 2.26. The maximum Gasteiger partial charge on any atom is 0.253 e. The Bertz CT molecular complexity index is 736. The van der Waals surface area contributed by atoms with Gasteiger partial charge in [0.15, 0.2) is 0 Å². The lowest BCUT2D eigenvalue weighted by Crippen LogP contribution is -2.26. The highest BCUT2D eigenvalue weighted by Gasteiger charge is 2.14. The fourth-order valence-electron chi connectivity index (χ4n) is 2.16. The van der Waals surface area contributed by atoms with E-state index in [-0.39, 0.29) is 11.9 Å². The summed E-state index contributed by atoms with van der Waals surface area (Å²) in [6, 6.07) is 11.7. The fourth-order valence-corrected chi connectivity index (χ4v) is 3.10. The van der Waals surface area contributed by atoms with Crippen LogP contribution in [0, 0.1) is 0 Å². The number of rotatable bonds is 3. The van der Waals surface area contributed by atoms with Gasteiger partial charge in [-0.2, -0.15) is 0 Å². The van der Waals surface area contributed by atoms with Crippen molar-refractivity contribution in [3.05, 3.63) is 65.3 Å². The number of fused-ring (bicyclic) bond motifs is 1. The van der Waals surface area contributed by atoms with Crippen molar-refractivity contribution in [2.24, 2.45) is 0 Å². The number of pyridine rings is 1. The molecule has 0 aliphatic rings. The summed E-state index contributed by atoms with van der Waals surface area (Å²) in [5, 5.41) is 5.96. The minimum Gasteiger partial charge on any atom is -0.345 e. The van der Waals surface area contributed by atoms with Crippen molar-refractivity contribution in [1.29, 1.82) is 0 Å². The number of benzene rings is 1. The second kappa shape index (κ2) is 5.43. The summed E-state index contributed by atoms with van der Waals surface area (Å²) in [5.41, 5.74) is 1.79. The van der Waals surface area contributed by atoms with Crippen LogP contribution in [0.3, 0.4) is 0 Å². The van der Waals surface area contributed by atoms with Crippen molar-refractivity contribution < 1.29 is 4.79 Å². The van der Waals surface area contributed by atoms with E-state index in [4.69, 9.17) is 0 Å². The highest BCUT2D eigenvalue weighted by atomic mass is 32.1. The summed E-state index contributed by atoms with van der Waals surface area (Å²) in [6.45, 7) is 1.97. The maximum atomic E-state index is 12.4. The third kappa shape index (κ3) is 2.42. The van der Waals surface area contributed by atoms with E-state index in [2.05, 4.69) is 10.3 Å². The molecule has 0 saturated heterocycles. The molecule has 0 fully saturated rings. The number of hydrogen-bond donors (Lipinski definition) is 1. The van der Waals surface area contributed by atoms with Crippen LogP contribution in [0.2, 0.25) is 0 Å². The van der Waals surface area contributed by atoms with Gasteiger partial charge in [0.25, 0.3) is 5.91 Å². The third-order valence-corrected chi connectivity index (χ3v) is 4.24. The molecule has 0 bridgehead atoms. The number of carbonyl (C=O) groups is 1. The van der Waals surface area contributed by atoms with Gasteiger partial charge >= 0.3 is 0 Å². The van der Waals surface area contributed by atoms with E-state index in [0.29, 0.717) is 0 Å². The Hall–Kier alpha value is -2.20. The summed E-state index contributed by atoms with van der Waals surface area (Å²) in [4.78, 5) is 16.4. The number of aromatic nitrogens is 1. The Kier molecular flexibility index (Phi) is 3.48. The van der Waals surface area contributed by atoms with Crippen molar-refractivity contribution >= 4 is 27.3 Å². The first-order valence-electron chi connectivity index (χ1n) is 6.43. The fraction of sp³-hybridized carbons (Fsp3) is 0.125. The summed E-state index contributed by atoms with van der Waals surface area (Å²) >= 11 is 1.59. The van der Waals surface area contributed by atoms with Crippen LogP contribution < -0.4 is 5.32 Å². The SMILES string of the molecule is C[C@H](NC(=O)c1csc2ccccc12)c1ccncc1. The van der Waals surface area contributed by atoms with Crippen molar-refractivity contribution in [2.75, 3.05) is 0 Å². The van der Waals surface area contributed by atoms with Gasteiger partial charge in [-0.1, -0.05) is 18.2 Å². The molecule has 0 radical (unpaired) electrons. The second-order valence-electron chi connectivity index (χ2n) is 4.62. The smallest absolute Gasteiger partial charge is 0.253 e. The lowest BCUT2D eigenvalue weighted by molar-refractivity contribution is 0.0942. The molecule has 4 heteroatoms. The molecule has 0 spiro atoms. The average molecular weight is 282 g/mol. The quantitative estimate of drug-likeness (QED) is 0.794. The topological polar surface area (TPSA) is 42.0 Å².